The molecule has 0 aliphatic rings. The van der Waals surface area contributed by atoms with Gasteiger partial charge in [-0.05, 0) is 23.8 Å². The van der Waals surface area contributed by atoms with Crippen molar-refractivity contribution in [3.05, 3.63) is 71.9 Å². The standard InChI is InChI=1S/C19H13ClN6OS/c20-13-6-5-12(17(7-13)26-11-21-10-23-26)9-28-19-25-24-18(27-19)15-8-22-16-4-2-1-3-14(15)16/h1-8,10-11,22H,9H2. The third-order valence-electron chi connectivity index (χ3n) is 4.29. The summed E-state index contributed by atoms with van der Waals surface area (Å²) in [6.45, 7) is 0. The highest BCUT2D eigenvalue weighted by Crippen LogP contribution is 2.31. The minimum absolute atomic E-state index is 0.493. The number of hydrogen-bond acceptors (Lipinski definition) is 6. The number of halogens is 1. The largest absolute Gasteiger partial charge is 0.411 e. The van der Waals surface area contributed by atoms with Crippen molar-refractivity contribution in [3.63, 3.8) is 0 Å². The minimum atomic E-state index is 0.493. The summed E-state index contributed by atoms with van der Waals surface area (Å²) in [5, 5.41) is 14.8. The van der Waals surface area contributed by atoms with Gasteiger partial charge in [0.2, 0.25) is 0 Å². The van der Waals surface area contributed by atoms with Gasteiger partial charge in [-0.2, -0.15) is 5.10 Å². The number of nitrogens with zero attached hydrogens (tertiary/aromatic N) is 5. The Balaban J connectivity index is 1.39. The van der Waals surface area contributed by atoms with Crippen molar-refractivity contribution in [2.45, 2.75) is 11.0 Å². The zero-order valence-corrected chi connectivity index (χ0v) is 16.0. The maximum absolute atomic E-state index is 6.15. The molecular weight excluding hydrogens is 396 g/mol. The SMILES string of the molecule is Clc1ccc(CSc2nnc(-c3c[nH]c4ccccc34)o2)c(-n2cncn2)c1. The third-order valence-corrected chi connectivity index (χ3v) is 5.39. The van der Waals surface area contributed by atoms with Crippen LogP contribution in [-0.4, -0.2) is 29.9 Å². The molecule has 0 amide bonds. The van der Waals surface area contributed by atoms with Crippen LogP contribution >= 0.6 is 23.4 Å². The van der Waals surface area contributed by atoms with Crippen LogP contribution in [0, 0.1) is 0 Å². The van der Waals surface area contributed by atoms with E-state index in [0.717, 1.165) is 27.7 Å². The lowest BCUT2D eigenvalue weighted by Crippen LogP contribution is -1.99. The number of benzene rings is 2. The van der Waals surface area contributed by atoms with Gasteiger partial charge in [0.05, 0.1) is 11.3 Å². The second kappa shape index (κ2) is 7.14. The first-order chi connectivity index (χ1) is 13.8. The van der Waals surface area contributed by atoms with Crippen molar-refractivity contribution in [2.24, 2.45) is 0 Å². The average Bonchev–Trinajstić information content (AvgIpc) is 3.46. The number of aromatic nitrogens is 6. The highest BCUT2D eigenvalue weighted by molar-refractivity contribution is 7.98. The van der Waals surface area contributed by atoms with E-state index >= 15 is 0 Å². The summed E-state index contributed by atoms with van der Waals surface area (Å²) in [6, 6.07) is 13.7. The first-order valence-electron chi connectivity index (χ1n) is 8.44. The molecule has 1 N–H and O–H groups in total. The monoisotopic (exact) mass is 408 g/mol. The summed E-state index contributed by atoms with van der Waals surface area (Å²) in [7, 11) is 0. The molecule has 3 aromatic heterocycles. The van der Waals surface area contributed by atoms with E-state index in [1.807, 2.05) is 48.7 Å². The summed E-state index contributed by atoms with van der Waals surface area (Å²) in [6.07, 6.45) is 5.01. The summed E-state index contributed by atoms with van der Waals surface area (Å²) >= 11 is 7.61. The van der Waals surface area contributed by atoms with Gasteiger partial charge >= 0.3 is 0 Å². The van der Waals surface area contributed by atoms with Crippen molar-refractivity contribution in [2.75, 3.05) is 0 Å². The van der Waals surface area contributed by atoms with Gasteiger partial charge in [0.15, 0.2) is 0 Å². The lowest BCUT2D eigenvalue weighted by Gasteiger charge is -2.08. The fourth-order valence-electron chi connectivity index (χ4n) is 2.97. The Bertz CT molecular complexity index is 1250. The molecule has 0 unspecified atom stereocenters. The molecule has 7 nitrogen and oxygen atoms in total. The Morgan fingerprint density at radius 1 is 1.14 bits per heavy atom. The van der Waals surface area contributed by atoms with Crippen molar-refractivity contribution >= 4 is 34.3 Å². The molecule has 2 aromatic carbocycles. The predicted octanol–water partition coefficient (Wildman–Crippen LogP) is 4.74. The van der Waals surface area contributed by atoms with E-state index in [1.54, 1.807) is 11.0 Å². The molecule has 0 saturated carbocycles. The van der Waals surface area contributed by atoms with Crippen LogP contribution in [0.2, 0.25) is 5.02 Å². The minimum Gasteiger partial charge on any atom is -0.411 e. The summed E-state index contributed by atoms with van der Waals surface area (Å²) in [5.41, 5.74) is 3.83. The summed E-state index contributed by atoms with van der Waals surface area (Å²) < 4.78 is 7.56. The number of aromatic amines is 1. The highest BCUT2D eigenvalue weighted by Gasteiger charge is 2.14. The van der Waals surface area contributed by atoms with Crippen molar-refractivity contribution in [3.8, 4) is 17.1 Å². The number of thioether (sulfide) groups is 1. The van der Waals surface area contributed by atoms with E-state index < -0.39 is 0 Å². The predicted molar refractivity (Wildman–Crippen MR) is 108 cm³/mol. The third kappa shape index (κ3) is 3.17. The number of H-pyrrole nitrogens is 1. The Labute approximate surface area is 168 Å². The normalized spacial score (nSPS) is 11.3. The van der Waals surface area contributed by atoms with Crippen molar-refractivity contribution < 1.29 is 4.42 Å². The number of nitrogens with one attached hydrogen (secondary N) is 1. The first kappa shape index (κ1) is 17.0. The maximum Gasteiger partial charge on any atom is 0.277 e. The second-order valence-corrected chi connectivity index (χ2v) is 7.39. The molecule has 3 heterocycles. The smallest absolute Gasteiger partial charge is 0.277 e. The van der Waals surface area contributed by atoms with Gasteiger partial charge in [-0.25, -0.2) is 9.67 Å². The molecule has 0 saturated heterocycles. The molecule has 0 aliphatic heterocycles. The molecular formula is C19H13ClN6OS. The van der Waals surface area contributed by atoms with E-state index in [1.165, 1.54) is 18.1 Å². The van der Waals surface area contributed by atoms with Crippen LogP contribution in [0.15, 0.2) is 71.0 Å². The van der Waals surface area contributed by atoms with Gasteiger partial charge < -0.3 is 9.40 Å². The number of fused-ring (bicyclic) bond motifs is 1. The van der Waals surface area contributed by atoms with E-state index in [2.05, 4.69) is 25.3 Å². The highest BCUT2D eigenvalue weighted by atomic mass is 35.5. The van der Waals surface area contributed by atoms with Gasteiger partial charge in [-0.3, -0.25) is 0 Å². The fraction of sp³-hybridized carbons (Fsp3) is 0.0526. The fourth-order valence-corrected chi connectivity index (χ4v) is 3.90. The quantitative estimate of drug-likeness (QED) is 0.422. The van der Waals surface area contributed by atoms with Crippen LogP contribution in [-0.2, 0) is 5.75 Å². The molecule has 0 radical (unpaired) electrons. The average molecular weight is 409 g/mol. The molecule has 0 atom stereocenters. The number of para-hydroxylation sites is 1. The van der Waals surface area contributed by atoms with Gasteiger partial charge in [-0.15, -0.1) is 10.2 Å². The topological polar surface area (TPSA) is 85.4 Å². The maximum atomic E-state index is 6.15. The lowest BCUT2D eigenvalue weighted by molar-refractivity contribution is 0.466. The molecule has 0 spiro atoms. The van der Waals surface area contributed by atoms with E-state index in [9.17, 15) is 0 Å². The Hall–Kier alpha value is -3.10. The van der Waals surface area contributed by atoms with Crippen LogP contribution in [0.4, 0.5) is 0 Å². The number of hydrogen-bond donors (Lipinski definition) is 1. The van der Waals surface area contributed by atoms with Gasteiger partial charge in [-0.1, -0.05) is 47.6 Å². The van der Waals surface area contributed by atoms with E-state index in [0.29, 0.717) is 21.9 Å². The Morgan fingerprint density at radius 2 is 2.07 bits per heavy atom. The molecule has 0 fully saturated rings. The molecule has 0 bridgehead atoms. The van der Waals surface area contributed by atoms with Crippen LogP contribution in [0.3, 0.4) is 0 Å². The molecule has 5 rings (SSSR count). The van der Waals surface area contributed by atoms with Crippen molar-refractivity contribution in [1.29, 1.82) is 0 Å². The van der Waals surface area contributed by atoms with E-state index in [-0.39, 0.29) is 0 Å². The zero-order chi connectivity index (χ0) is 18.9. The van der Waals surface area contributed by atoms with Crippen LogP contribution in [0.25, 0.3) is 28.0 Å². The molecule has 9 heteroatoms. The first-order valence-corrected chi connectivity index (χ1v) is 9.80. The molecule has 0 aliphatic carbocycles. The van der Waals surface area contributed by atoms with Gasteiger partial charge in [0.1, 0.15) is 12.7 Å². The van der Waals surface area contributed by atoms with Gasteiger partial charge in [0.25, 0.3) is 11.1 Å². The Morgan fingerprint density at radius 3 is 2.96 bits per heavy atom. The van der Waals surface area contributed by atoms with E-state index in [4.69, 9.17) is 16.0 Å². The van der Waals surface area contributed by atoms with Crippen LogP contribution in [0.5, 0.6) is 0 Å². The van der Waals surface area contributed by atoms with Crippen molar-refractivity contribution in [1.82, 2.24) is 29.9 Å². The molecule has 5 aromatic rings. The summed E-state index contributed by atoms with van der Waals surface area (Å²) in [5.74, 6) is 1.12. The summed E-state index contributed by atoms with van der Waals surface area (Å²) in [4.78, 5) is 7.22. The second-order valence-electron chi connectivity index (χ2n) is 6.02. The van der Waals surface area contributed by atoms with Crippen LogP contribution in [0.1, 0.15) is 5.56 Å². The lowest BCUT2D eigenvalue weighted by atomic mass is 10.2. The number of rotatable bonds is 5. The molecule has 138 valence electrons. The Kier molecular flexibility index (Phi) is 4.34. The molecule has 28 heavy (non-hydrogen) atoms. The van der Waals surface area contributed by atoms with Gasteiger partial charge in [0, 0.05) is 27.9 Å². The zero-order valence-electron chi connectivity index (χ0n) is 14.4. The van der Waals surface area contributed by atoms with Crippen LogP contribution < -0.4 is 0 Å².